The molecule has 0 spiro atoms. The molecule has 1 N–H and O–H groups in total. The third-order valence-electron chi connectivity index (χ3n) is 1.33. The number of phenols is 1. The van der Waals surface area contributed by atoms with E-state index in [-0.39, 0.29) is 16.3 Å². The van der Waals surface area contributed by atoms with E-state index in [1.54, 1.807) is 0 Å². The molecular weight excluding hydrogens is 194 g/mol. The van der Waals surface area contributed by atoms with Gasteiger partial charge in [0.1, 0.15) is 5.75 Å². The van der Waals surface area contributed by atoms with Crippen LogP contribution in [0, 0.1) is 0 Å². The number of nitrogens with zero attached hydrogens (tertiary/aromatic N) is 3. The summed E-state index contributed by atoms with van der Waals surface area (Å²) in [6.45, 7) is 0. The first-order valence-electron chi connectivity index (χ1n) is 3.23. The third-order valence-corrected chi connectivity index (χ3v) is 1.63. The molecule has 6 heteroatoms. The van der Waals surface area contributed by atoms with E-state index in [9.17, 15) is 4.79 Å². The Balaban J connectivity index is 3.10. The minimum atomic E-state index is -0.732. The molecule has 0 heterocycles. The number of azide groups is 1. The topological polar surface area (TPSA) is 86.1 Å². The van der Waals surface area contributed by atoms with Crippen molar-refractivity contribution in [1.82, 2.24) is 0 Å². The van der Waals surface area contributed by atoms with Crippen LogP contribution < -0.4 is 0 Å². The Hall–Kier alpha value is -1.71. The third kappa shape index (κ3) is 2.11. The Morgan fingerprint density at radius 1 is 1.62 bits per heavy atom. The van der Waals surface area contributed by atoms with Crippen LogP contribution >= 0.6 is 11.6 Å². The highest BCUT2D eigenvalue weighted by Gasteiger charge is 2.05. The maximum atomic E-state index is 10.9. The highest BCUT2D eigenvalue weighted by molar-refractivity contribution is 6.32. The summed E-state index contributed by atoms with van der Waals surface area (Å²) in [6, 6.07) is 3.80. The number of rotatable bonds is 1. The van der Waals surface area contributed by atoms with Crippen molar-refractivity contribution in [1.29, 1.82) is 0 Å². The first-order chi connectivity index (χ1) is 6.15. The summed E-state index contributed by atoms with van der Waals surface area (Å²) in [7, 11) is 0. The van der Waals surface area contributed by atoms with Crippen molar-refractivity contribution in [2.24, 2.45) is 5.11 Å². The minimum absolute atomic E-state index is 0.0407. The zero-order chi connectivity index (χ0) is 9.84. The number of benzene rings is 1. The van der Waals surface area contributed by atoms with Gasteiger partial charge in [0.15, 0.2) is 0 Å². The molecule has 0 aliphatic heterocycles. The lowest BCUT2D eigenvalue weighted by molar-refractivity contribution is 0.100. The summed E-state index contributed by atoms with van der Waals surface area (Å²) >= 11 is 5.52. The summed E-state index contributed by atoms with van der Waals surface area (Å²) in [6.07, 6.45) is 0. The first-order valence-corrected chi connectivity index (χ1v) is 3.61. The fraction of sp³-hybridized carbons (Fsp3) is 0. The van der Waals surface area contributed by atoms with Gasteiger partial charge in [-0.25, -0.2) is 0 Å². The van der Waals surface area contributed by atoms with Crippen molar-refractivity contribution < 1.29 is 9.90 Å². The molecule has 0 saturated carbocycles. The number of aromatic hydroxyl groups is 1. The smallest absolute Gasteiger partial charge is 0.249 e. The number of amides is 1. The number of hydrogen-bond donors (Lipinski definition) is 1. The lowest BCUT2D eigenvalue weighted by Gasteiger charge is -1.97. The molecule has 0 bridgehead atoms. The molecule has 0 aromatic heterocycles. The van der Waals surface area contributed by atoms with E-state index in [1.807, 2.05) is 0 Å². The molecule has 1 amide bonds. The van der Waals surface area contributed by atoms with Gasteiger partial charge in [-0.1, -0.05) is 11.6 Å². The van der Waals surface area contributed by atoms with Crippen molar-refractivity contribution in [2.75, 3.05) is 0 Å². The number of halogens is 1. The molecule has 5 nitrogen and oxygen atoms in total. The van der Waals surface area contributed by atoms with Crippen molar-refractivity contribution >= 4 is 17.5 Å². The van der Waals surface area contributed by atoms with Crippen molar-refractivity contribution in [3.8, 4) is 5.75 Å². The van der Waals surface area contributed by atoms with Crippen LogP contribution in [-0.4, -0.2) is 11.0 Å². The van der Waals surface area contributed by atoms with Gasteiger partial charge in [-0.3, -0.25) is 4.79 Å². The van der Waals surface area contributed by atoms with Crippen LogP contribution in [0.4, 0.5) is 0 Å². The van der Waals surface area contributed by atoms with Crippen molar-refractivity contribution in [2.45, 2.75) is 0 Å². The van der Waals surface area contributed by atoms with E-state index < -0.39 is 5.91 Å². The normalized spacial score (nSPS) is 9.00. The zero-order valence-electron chi connectivity index (χ0n) is 6.31. The van der Waals surface area contributed by atoms with E-state index in [4.69, 9.17) is 22.2 Å². The second-order valence-corrected chi connectivity index (χ2v) is 2.57. The van der Waals surface area contributed by atoms with E-state index in [1.165, 1.54) is 18.2 Å². The SMILES string of the molecule is [N-]=[N+]=NC(=O)c1ccc(O)c(Cl)c1. The molecule has 0 atom stereocenters. The van der Waals surface area contributed by atoms with Crippen LogP contribution in [0.3, 0.4) is 0 Å². The molecule has 1 rings (SSSR count). The summed E-state index contributed by atoms with van der Waals surface area (Å²) in [5, 5.41) is 11.9. The predicted molar refractivity (Wildman–Crippen MR) is 46.6 cm³/mol. The Morgan fingerprint density at radius 2 is 2.31 bits per heavy atom. The molecule has 0 fully saturated rings. The number of hydrogen-bond acceptors (Lipinski definition) is 2. The fourth-order valence-electron chi connectivity index (χ4n) is 0.738. The average molecular weight is 198 g/mol. The molecule has 0 radical (unpaired) electrons. The van der Waals surface area contributed by atoms with Gasteiger partial charge in [0.25, 0.3) is 0 Å². The van der Waals surface area contributed by atoms with Crippen LogP contribution in [0.5, 0.6) is 5.75 Å². The molecule has 0 aliphatic rings. The van der Waals surface area contributed by atoms with E-state index in [0.717, 1.165) is 0 Å². The van der Waals surface area contributed by atoms with Gasteiger partial charge in [0.2, 0.25) is 5.91 Å². The van der Waals surface area contributed by atoms with Crippen LogP contribution in [0.15, 0.2) is 23.3 Å². The van der Waals surface area contributed by atoms with Gasteiger partial charge in [-0.05, 0) is 28.8 Å². The van der Waals surface area contributed by atoms with E-state index in [0.29, 0.717) is 0 Å². The van der Waals surface area contributed by atoms with Crippen molar-refractivity contribution in [3.63, 3.8) is 0 Å². The standard InChI is InChI=1S/C7H4ClN3O2/c8-5-3-4(1-2-6(5)12)7(13)10-11-9/h1-3,12H. The lowest BCUT2D eigenvalue weighted by atomic mass is 10.2. The Kier molecular flexibility index (Phi) is 2.74. The van der Waals surface area contributed by atoms with Gasteiger partial charge in [-0.15, -0.1) is 0 Å². The van der Waals surface area contributed by atoms with Gasteiger partial charge in [0.05, 0.1) is 5.02 Å². The first kappa shape index (κ1) is 9.38. The molecule has 0 unspecified atom stereocenters. The largest absolute Gasteiger partial charge is 0.506 e. The van der Waals surface area contributed by atoms with Gasteiger partial charge in [-0.2, -0.15) is 0 Å². The Labute approximate surface area is 78.2 Å². The molecule has 1 aromatic rings. The van der Waals surface area contributed by atoms with E-state index in [2.05, 4.69) is 10.0 Å². The molecule has 0 saturated heterocycles. The number of carbonyl (C=O) groups excluding carboxylic acids is 1. The van der Waals surface area contributed by atoms with Crippen LogP contribution in [0.2, 0.25) is 5.02 Å². The van der Waals surface area contributed by atoms with Gasteiger partial charge >= 0.3 is 0 Å². The highest BCUT2D eigenvalue weighted by Crippen LogP contribution is 2.23. The van der Waals surface area contributed by atoms with Gasteiger partial charge in [0, 0.05) is 10.5 Å². The molecular formula is C7H4ClN3O2. The molecule has 1 aromatic carbocycles. The molecule has 13 heavy (non-hydrogen) atoms. The zero-order valence-corrected chi connectivity index (χ0v) is 7.06. The Bertz CT molecular complexity index is 399. The number of carbonyl (C=O) groups is 1. The lowest BCUT2D eigenvalue weighted by Crippen LogP contribution is -1.92. The number of phenolic OH excluding ortho intramolecular Hbond substituents is 1. The van der Waals surface area contributed by atoms with Crippen LogP contribution in [0.25, 0.3) is 10.4 Å². The molecule has 0 aliphatic carbocycles. The summed E-state index contributed by atoms with van der Waals surface area (Å²) in [4.78, 5) is 13.3. The monoisotopic (exact) mass is 197 g/mol. The highest BCUT2D eigenvalue weighted by atomic mass is 35.5. The van der Waals surface area contributed by atoms with Crippen LogP contribution in [-0.2, 0) is 0 Å². The fourth-order valence-corrected chi connectivity index (χ4v) is 0.919. The minimum Gasteiger partial charge on any atom is -0.506 e. The quantitative estimate of drug-likeness (QED) is 0.426. The van der Waals surface area contributed by atoms with Crippen molar-refractivity contribution in [3.05, 3.63) is 39.2 Å². The second-order valence-electron chi connectivity index (χ2n) is 2.16. The predicted octanol–water partition coefficient (Wildman–Crippen LogP) is 2.50. The summed E-state index contributed by atoms with van der Waals surface area (Å²) in [5.41, 5.74) is 8.12. The van der Waals surface area contributed by atoms with Gasteiger partial charge < -0.3 is 5.11 Å². The van der Waals surface area contributed by atoms with E-state index >= 15 is 0 Å². The second kappa shape index (κ2) is 3.80. The maximum Gasteiger partial charge on any atom is 0.249 e. The van der Waals surface area contributed by atoms with Crippen LogP contribution in [0.1, 0.15) is 10.4 Å². The maximum absolute atomic E-state index is 10.9. The summed E-state index contributed by atoms with van der Waals surface area (Å²) < 4.78 is 0. The summed E-state index contributed by atoms with van der Waals surface area (Å²) in [5.74, 6) is -0.858. The average Bonchev–Trinajstić information content (AvgIpc) is 2.10. The molecule has 66 valence electrons. The Morgan fingerprint density at radius 3 is 2.85 bits per heavy atom.